The fourth-order valence-electron chi connectivity index (χ4n) is 2.22. The SMILES string of the molecule is CCN(CC)CCNC(=O)c1ccc(COc2ccc(Br)cc2)o1. The summed E-state index contributed by atoms with van der Waals surface area (Å²) in [5.74, 6) is 1.48. The van der Waals surface area contributed by atoms with Gasteiger partial charge in [-0.3, -0.25) is 4.79 Å². The molecule has 0 radical (unpaired) electrons. The molecule has 6 heteroatoms. The lowest BCUT2D eigenvalue weighted by atomic mass is 10.3. The largest absolute Gasteiger partial charge is 0.486 e. The second-order valence-corrected chi connectivity index (χ2v) is 6.21. The van der Waals surface area contributed by atoms with E-state index < -0.39 is 0 Å². The van der Waals surface area contributed by atoms with Crippen molar-refractivity contribution in [1.29, 1.82) is 0 Å². The molecule has 0 saturated carbocycles. The number of rotatable bonds is 9. The van der Waals surface area contributed by atoms with Crippen molar-refractivity contribution in [1.82, 2.24) is 10.2 Å². The van der Waals surface area contributed by atoms with Gasteiger partial charge in [-0.2, -0.15) is 0 Å². The van der Waals surface area contributed by atoms with Crippen LogP contribution < -0.4 is 10.1 Å². The minimum atomic E-state index is -0.197. The van der Waals surface area contributed by atoms with Crippen LogP contribution in [0.5, 0.6) is 5.75 Å². The number of ether oxygens (including phenoxy) is 1. The zero-order valence-corrected chi connectivity index (χ0v) is 15.6. The first-order valence-electron chi connectivity index (χ1n) is 8.10. The van der Waals surface area contributed by atoms with Crippen LogP contribution in [0.3, 0.4) is 0 Å². The van der Waals surface area contributed by atoms with Gasteiger partial charge in [0.15, 0.2) is 5.76 Å². The van der Waals surface area contributed by atoms with Gasteiger partial charge in [-0.1, -0.05) is 29.8 Å². The molecule has 0 bridgehead atoms. The van der Waals surface area contributed by atoms with Crippen LogP contribution in [-0.2, 0) is 6.61 Å². The van der Waals surface area contributed by atoms with Crippen LogP contribution in [0.1, 0.15) is 30.2 Å². The second kappa shape index (κ2) is 9.49. The molecule has 2 aromatic rings. The molecule has 1 heterocycles. The Kier molecular flexibility index (Phi) is 7.34. The Bertz CT molecular complexity index is 636. The molecule has 5 nitrogen and oxygen atoms in total. The van der Waals surface area contributed by atoms with Gasteiger partial charge in [0.2, 0.25) is 0 Å². The lowest BCUT2D eigenvalue weighted by Gasteiger charge is -2.17. The highest BCUT2D eigenvalue weighted by Gasteiger charge is 2.11. The summed E-state index contributed by atoms with van der Waals surface area (Å²) in [6.45, 7) is 7.89. The van der Waals surface area contributed by atoms with Crippen molar-refractivity contribution >= 4 is 21.8 Å². The molecule has 1 aromatic carbocycles. The monoisotopic (exact) mass is 394 g/mol. The Morgan fingerprint density at radius 1 is 1.17 bits per heavy atom. The van der Waals surface area contributed by atoms with E-state index in [9.17, 15) is 4.79 Å². The first-order chi connectivity index (χ1) is 11.6. The highest BCUT2D eigenvalue weighted by Crippen LogP contribution is 2.18. The van der Waals surface area contributed by atoms with Gasteiger partial charge in [0.05, 0.1) is 0 Å². The molecule has 0 unspecified atom stereocenters. The van der Waals surface area contributed by atoms with Crippen LogP contribution in [0.15, 0.2) is 45.3 Å². The van der Waals surface area contributed by atoms with E-state index in [4.69, 9.17) is 9.15 Å². The van der Waals surface area contributed by atoms with Crippen LogP contribution in [-0.4, -0.2) is 37.0 Å². The molecule has 0 fully saturated rings. The minimum absolute atomic E-state index is 0.197. The van der Waals surface area contributed by atoms with Crippen molar-refractivity contribution < 1.29 is 13.9 Å². The Morgan fingerprint density at radius 2 is 1.88 bits per heavy atom. The molecule has 0 aliphatic carbocycles. The summed E-state index contributed by atoms with van der Waals surface area (Å²) in [6.07, 6.45) is 0. The van der Waals surface area contributed by atoms with Crippen molar-refractivity contribution in [3.63, 3.8) is 0 Å². The zero-order valence-electron chi connectivity index (χ0n) is 14.0. The Hall–Kier alpha value is -1.79. The molecule has 0 aliphatic heterocycles. The smallest absolute Gasteiger partial charge is 0.287 e. The van der Waals surface area contributed by atoms with Crippen LogP contribution in [0.4, 0.5) is 0 Å². The quantitative estimate of drug-likeness (QED) is 0.704. The third kappa shape index (κ3) is 5.69. The number of benzene rings is 1. The number of nitrogens with zero attached hydrogens (tertiary/aromatic N) is 1. The molecule has 24 heavy (non-hydrogen) atoms. The summed E-state index contributed by atoms with van der Waals surface area (Å²) in [5.41, 5.74) is 0. The fraction of sp³-hybridized carbons (Fsp3) is 0.389. The van der Waals surface area contributed by atoms with E-state index in [0.717, 1.165) is 29.9 Å². The van der Waals surface area contributed by atoms with E-state index in [1.165, 1.54) is 0 Å². The fourth-order valence-corrected chi connectivity index (χ4v) is 2.48. The number of halogens is 1. The first kappa shape index (κ1) is 18.5. The summed E-state index contributed by atoms with van der Waals surface area (Å²) >= 11 is 3.38. The van der Waals surface area contributed by atoms with Gasteiger partial charge in [0, 0.05) is 17.6 Å². The summed E-state index contributed by atoms with van der Waals surface area (Å²) < 4.78 is 12.2. The van der Waals surface area contributed by atoms with Gasteiger partial charge in [-0.25, -0.2) is 0 Å². The van der Waals surface area contributed by atoms with Gasteiger partial charge in [-0.15, -0.1) is 0 Å². The summed E-state index contributed by atoms with van der Waals surface area (Å²) in [4.78, 5) is 14.3. The predicted octanol–water partition coefficient (Wildman–Crippen LogP) is 3.69. The van der Waals surface area contributed by atoms with Gasteiger partial charge in [0.1, 0.15) is 18.1 Å². The molecule has 0 saturated heterocycles. The predicted molar refractivity (Wildman–Crippen MR) is 97.3 cm³/mol. The Labute approximate surface area is 151 Å². The molecule has 0 atom stereocenters. The van der Waals surface area contributed by atoms with E-state index >= 15 is 0 Å². The van der Waals surface area contributed by atoms with Gasteiger partial charge >= 0.3 is 0 Å². The maximum atomic E-state index is 12.1. The standard InChI is InChI=1S/C18H23BrN2O3/c1-3-21(4-2)12-11-20-18(22)17-10-9-16(24-17)13-23-15-7-5-14(19)6-8-15/h5-10H,3-4,11-13H2,1-2H3,(H,20,22). The lowest BCUT2D eigenvalue weighted by Crippen LogP contribution is -2.34. The van der Waals surface area contributed by atoms with Crippen LogP contribution in [0, 0.1) is 0 Å². The molecule has 1 N–H and O–H groups in total. The van der Waals surface area contributed by atoms with Crippen molar-refractivity contribution in [2.75, 3.05) is 26.2 Å². The number of amides is 1. The number of likely N-dealkylation sites (N-methyl/N-ethyl adjacent to an activating group) is 1. The average molecular weight is 395 g/mol. The Balaban J connectivity index is 1.79. The summed E-state index contributed by atoms with van der Waals surface area (Å²) in [5, 5.41) is 2.87. The first-order valence-corrected chi connectivity index (χ1v) is 8.89. The zero-order chi connectivity index (χ0) is 17.4. The number of hydrogen-bond acceptors (Lipinski definition) is 4. The van der Waals surface area contributed by atoms with E-state index in [0.29, 0.717) is 18.1 Å². The second-order valence-electron chi connectivity index (χ2n) is 5.29. The molecule has 0 spiro atoms. The maximum Gasteiger partial charge on any atom is 0.287 e. The third-order valence-electron chi connectivity index (χ3n) is 3.69. The molecular formula is C18H23BrN2O3. The van der Waals surface area contributed by atoms with Crippen LogP contribution in [0.25, 0.3) is 0 Å². The van der Waals surface area contributed by atoms with E-state index in [2.05, 4.69) is 40.0 Å². The normalized spacial score (nSPS) is 10.8. The molecule has 2 rings (SSSR count). The molecule has 1 amide bonds. The average Bonchev–Trinajstić information content (AvgIpc) is 3.07. The number of carbonyl (C=O) groups excluding carboxylic acids is 1. The van der Waals surface area contributed by atoms with Gasteiger partial charge < -0.3 is 19.4 Å². The van der Waals surface area contributed by atoms with E-state index in [1.807, 2.05) is 24.3 Å². The molecule has 1 aromatic heterocycles. The van der Waals surface area contributed by atoms with Crippen LogP contribution in [0.2, 0.25) is 0 Å². The summed E-state index contributed by atoms with van der Waals surface area (Å²) in [7, 11) is 0. The van der Waals surface area contributed by atoms with Crippen molar-refractivity contribution in [3.05, 3.63) is 52.4 Å². The topological polar surface area (TPSA) is 54.7 Å². The maximum absolute atomic E-state index is 12.1. The Morgan fingerprint density at radius 3 is 2.54 bits per heavy atom. The van der Waals surface area contributed by atoms with Gasteiger partial charge in [0.25, 0.3) is 5.91 Å². The highest BCUT2D eigenvalue weighted by atomic mass is 79.9. The van der Waals surface area contributed by atoms with Gasteiger partial charge in [-0.05, 0) is 49.5 Å². The van der Waals surface area contributed by atoms with E-state index in [1.54, 1.807) is 12.1 Å². The summed E-state index contributed by atoms with van der Waals surface area (Å²) in [6, 6.07) is 11.0. The molecule has 0 aliphatic rings. The van der Waals surface area contributed by atoms with Crippen molar-refractivity contribution in [2.24, 2.45) is 0 Å². The lowest BCUT2D eigenvalue weighted by molar-refractivity contribution is 0.0917. The number of carbonyl (C=O) groups is 1. The van der Waals surface area contributed by atoms with E-state index in [-0.39, 0.29) is 12.5 Å². The highest BCUT2D eigenvalue weighted by molar-refractivity contribution is 9.10. The number of hydrogen-bond donors (Lipinski definition) is 1. The minimum Gasteiger partial charge on any atom is -0.486 e. The number of nitrogens with one attached hydrogen (secondary N) is 1. The third-order valence-corrected chi connectivity index (χ3v) is 4.22. The van der Waals surface area contributed by atoms with Crippen molar-refractivity contribution in [2.45, 2.75) is 20.5 Å². The van der Waals surface area contributed by atoms with Crippen molar-refractivity contribution in [3.8, 4) is 5.75 Å². The van der Waals surface area contributed by atoms with Crippen LogP contribution >= 0.6 is 15.9 Å². The number of furan rings is 1. The molecular weight excluding hydrogens is 372 g/mol. The molecule has 130 valence electrons.